The quantitative estimate of drug-likeness (QED) is 0.804. The summed E-state index contributed by atoms with van der Waals surface area (Å²) in [7, 11) is -3.41. The van der Waals surface area contributed by atoms with Crippen molar-refractivity contribution >= 4 is 15.9 Å². The Labute approximate surface area is 141 Å². The summed E-state index contributed by atoms with van der Waals surface area (Å²) in [6, 6.07) is 0. The van der Waals surface area contributed by atoms with Crippen molar-refractivity contribution in [3.05, 3.63) is 0 Å². The molecular weight excluding hydrogens is 312 g/mol. The van der Waals surface area contributed by atoms with Gasteiger partial charge in [-0.15, -0.1) is 0 Å². The minimum atomic E-state index is -3.41. The van der Waals surface area contributed by atoms with Gasteiger partial charge in [-0.2, -0.15) is 0 Å². The second-order valence-electron chi connectivity index (χ2n) is 7.44. The first-order valence-corrected chi connectivity index (χ1v) is 10.9. The predicted molar refractivity (Wildman–Crippen MR) is 92.3 cm³/mol. The fourth-order valence-electron chi connectivity index (χ4n) is 4.17. The zero-order valence-corrected chi connectivity index (χ0v) is 15.2. The number of primary sulfonamides is 1. The van der Waals surface area contributed by atoms with Crippen LogP contribution in [0.25, 0.3) is 0 Å². The lowest BCUT2D eigenvalue weighted by Gasteiger charge is -2.35. The number of nitrogens with two attached hydrogens (primary N) is 1. The third-order valence-electron chi connectivity index (χ3n) is 5.58. The Balaban J connectivity index is 1.82. The first-order chi connectivity index (χ1) is 10.9. The minimum absolute atomic E-state index is 0.0499. The highest BCUT2D eigenvalue weighted by Crippen LogP contribution is 2.31. The van der Waals surface area contributed by atoms with Gasteiger partial charge in [0.05, 0.1) is 5.75 Å². The summed E-state index contributed by atoms with van der Waals surface area (Å²) < 4.78 is 22.4. The Morgan fingerprint density at radius 3 is 2.22 bits per heavy atom. The van der Waals surface area contributed by atoms with Gasteiger partial charge in [-0.25, -0.2) is 13.6 Å². The maximum Gasteiger partial charge on any atom is 0.225 e. The first kappa shape index (κ1) is 18.7. The highest BCUT2D eigenvalue weighted by molar-refractivity contribution is 7.89. The Kier molecular flexibility index (Phi) is 6.89. The molecule has 0 radical (unpaired) electrons. The fraction of sp³-hybridized carbons (Fsp3) is 0.941. The molecule has 1 atom stereocenters. The molecule has 6 heteroatoms. The Bertz CT molecular complexity index is 478. The SMILES string of the molecule is CCC(CC1CCCCC1)C(=O)N1CCC(CS(N)(=O)=O)CC1. The van der Waals surface area contributed by atoms with Gasteiger partial charge in [-0.05, 0) is 37.5 Å². The summed E-state index contributed by atoms with van der Waals surface area (Å²) in [5.74, 6) is 1.30. The zero-order valence-electron chi connectivity index (χ0n) is 14.4. The molecule has 2 aliphatic rings. The summed E-state index contributed by atoms with van der Waals surface area (Å²) in [5, 5.41) is 5.13. The number of piperidine rings is 1. The van der Waals surface area contributed by atoms with Gasteiger partial charge in [0, 0.05) is 19.0 Å². The lowest BCUT2D eigenvalue weighted by molar-refractivity contribution is -0.137. The number of nitrogens with zero attached hydrogens (tertiary/aromatic N) is 1. The van der Waals surface area contributed by atoms with Crippen molar-refractivity contribution in [2.75, 3.05) is 18.8 Å². The van der Waals surface area contributed by atoms with Crippen LogP contribution >= 0.6 is 0 Å². The van der Waals surface area contributed by atoms with Gasteiger partial charge >= 0.3 is 0 Å². The maximum atomic E-state index is 12.8. The van der Waals surface area contributed by atoms with Gasteiger partial charge in [0.1, 0.15) is 0 Å². The topological polar surface area (TPSA) is 80.5 Å². The largest absolute Gasteiger partial charge is 0.342 e. The average molecular weight is 345 g/mol. The molecule has 2 rings (SSSR count). The van der Waals surface area contributed by atoms with Crippen LogP contribution in [0, 0.1) is 17.8 Å². The third kappa shape index (κ3) is 6.07. The van der Waals surface area contributed by atoms with Gasteiger partial charge < -0.3 is 4.90 Å². The fourth-order valence-corrected chi connectivity index (χ4v) is 5.16. The van der Waals surface area contributed by atoms with E-state index in [4.69, 9.17) is 5.14 Å². The van der Waals surface area contributed by atoms with E-state index in [9.17, 15) is 13.2 Å². The van der Waals surface area contributed by atoms with E-state index in [0.717, 1.165) is 31.6 Å². The van der Waals surface area contributed by atoms with E-state index in [1.54, 1.807) is 0 Å². The van der Waals surface area contributed by atoms with E-state index in [1.807, 2.05) is 4.90 Å². The average Bonchev–Trinajstić information content (AvgIpc) is 2.52. The highest BCUT2D eigenvalue weighted by Gasteiger charge is 2.30. The van der Waals surface area contributed by atoms with E-state index in [1.165, 1.54) is 32.1 Å². The van der Waals surface area contributed by atoms with Crippen LogP contribution in [-0.2, 0) is 14.8 Å². The number of carbonyl (C=O) groups excluding carboxylic acids is 1. The summed E-state index contributed by atoms with van der Waals surface area (Å²) in [4.78, 5) is 14.7. The molecule has 23 heavy (non-hydrogen) atoms. The molecule has 5 nitrogen and oxygen atoms in total. The van der Waals surface area contributed by atoms with Crippen molar-refractivity contribution in [3.63, 3.8) is 0 Å². The molecule has 2 fully saturated rings. The van der Waals surface area contributed by atoms with Gasteiger partial charge in [0.25, 0.3) is 0 Å². The van der Waals surface area contributed by atoms with Crippen molar-refractivity contribution in [1.29, 1.82) is 0 Å². The molecule has 0 aromatic heterocycles. The van der Waals surface area contributed by atoms with E-state index in [0.29, 0.717) is 13.1 Å². The standard InChI is InChI=1S/C17H32N2O3S/c1-2-16(12-14-6-4-3-5-7-14)17(20)19-10-8-15(9-11-19)13-23(18,21)22/h14-16H,2-13H2,1H3,(H2,18,21,22). The van der Waals surface area contributed by atoms with Crippen LogP contribution in [0.2, 0.25) is 0 Å². The molecular formula is C17H32N2O3S. The number of carbonyl (C=O) groups is 1. The maximum absolute atomic E-state index is 12.8. The molecule has 0 aromatic rings. The van der Waals surface area contributed by atoms with Crippen LogP contribution in [0.15, 0.2) is 0 Å². The van der Waals surface area contributed by atoms with Gasteiger partial charge in [-0.3, -0.25) is 4.79 Å². The molecule has 0 bridgehead atoms. The highest BCUT2D eigenvalue weighted by atomic mass is 32.2. The van der Waals surface area contributed by atoms with E-state index >= 15 is 0 Å². The Morgan fingerprint density at radius 2 is 1.70 bits per heavy atom. The molecule has 1 aliphatic carbocycles. The molecule has 1 heterocycles. The summed E-state index contributed by atoms with van der Waals surface area (Å²) in [6.07, 6.45) is 9.98. The monoisotopic (exact) mass is 344 g/mol. The summed E-state index contributed by atoms with van der Waals surface area (Å²) in [6.45, 7) is 3.47. The normalized spacial score (nSPS) is 23.0. The van der Waals surface area contributed by atoms with Crippen LogP contribution in [0.4, 0.5) is 0 Å². The van der Waals surface area contributed by atoms with Crippen molar-refractivity contribution in [2.45, 2.75) is 64.7 Å². The number of rotatable bonds is 6. The first-order valence-electron chi connectivity index (χ1n) is 9.18. The molecule has 0 aromatic carbocycles. The lowest BCUT2D eigenvalue weighted by Crippen LogP contribution is -2.43. The molecule has 1 aliphatic heterocycles. The molecule has 134 valence electrons. The smallest absolute Gasteiger partial charge is 0.225 e. The molecule has 0 spiro atoms. The van der Waals surface area contributed by atoms with Crippen molar-refractivity contribution in [3.8, 4) is 0 Å². The summed E-state index contributed by atoms with van der Waals surface area (Å²) >= 11 is 0. The number of hydrogen-bond acceptors (Lipinski definition) is 3. The molecule has 1 amide bonds. The second-order valence-corrected chi connectivity index (χ2v) is 9.10. The lowest BCUT2D eigenvalue weighted by atomic mass is 9.81. The van der Waals surface area contributed by atoms with Crippen molar-refractivity contribution in [2.24, 2.45) is 22.9 Å². The van der Waals surface area contributed by atoms with Crippen LogP contribution < -0.4 is 5.14 Å². The van der Waals surface area contributed by atoms with E-state index < -0.39 is 10.0 Å². The molecule has 1 saturated heterocycles. The molecule has 1 unspecified atom stereocenters. The zero-order chi connectivity index (χ0) is 16.9. The number of sulfonamides is 1. The number of amides is 1. The van der Waals surface area contributed by atoms with Crippen LogP contribution in [0.5, 0.6) is 0 Å². The second kappa shape index (κ2) is 8.47. The number of likely N-dealkylation sites (tertiary alicyclic amines) is 1. The minimum Gasteiger partial charge on any atom is -0.342 e. The molecule has 1 saturated carbocycles. The van der Waals surface area contributed by atoms with Gasteiger partial charge in [0.2, 0.25) is 15.9 Å². The van der Waals surface area contributed by atoms with Crippen molar-refractivity contribution < 1.29 is 13.2 Å². The molecule has 2 N–H and O–H groups in total. The van der Waals surface area contributed by atoms with Gasteiger partial charge in [0.15, 0.2) is 0 Å². The predicted octanol–water partition coefficient (Wildman–Crippen LogP) is 2.51. The third-order valence-corrected chi connectivity index (χ3v) is 6.51. The van der Waals surface area contributed by atoms with Crippen LogP contribution in [0.1, 0.15) is 64.7 Å². The van der Waals surface area contributed by atoms with Crippen LogP contribution in [-0.4, -0.2) is 38.1 Å². The van der Waals surface area contributed by atoms with E-state index in [2.05, 4.69) is 6.92 Å². The van der Waals surface area contributed by atoms with Crippen LogP contribution in [0.3, 0.4) is 0 Å². The van der Waals surface area contributed by atoms with Gasteiger partial charge in [-0.1, -0.05) is 39.0 Å². The number of hydrogen-bond donors (Lipinski definition) is 1. The van der Waals surface area contributed by atoms with E-state index in [-0.39, 0.29) is 23.5 Å². The Morgan fingerprint density at radius 1 is 1.09 bits per heavy atom. The van der Waals surface area contributed by atoms with Crippen molar-refractivity contribution in [1.82, 2.24) is 4.90 Å². The summed E-state index contributed by atoms with van der Waals surface area (Å²) in [5.41, 5.74) is 0. The Hall–Kier alpha value is -0.620.